The van der Waals surface area contributed by atoms with E-state index in [1.54, 1.807) is 29.2 Å². The van der Waals surface area contributed by atoms with E-state index in [1.165, 1.54) is 17.4 Å². The molecule has 1 aromatic heterocycles. The molecule has 0 atom stereocenters. The first-order chi connectivity index (χ1) is 15.5. The summed E-state index contributed by atoms with van der Waals surface area (Å²) in [5.74, 6) is 0.693. The fraction of sp³-hybridized carbons (Fsp3) is 0.200. The fourth-order valence-corrected chi connectivity index (χ4v) is 4.33. The van der Waals surface area contributed by atoms with Crippen LogP contribution in [-0.2, 0) is 0 Å². The molecule has 164 valence electrons. The van der Waals surface area contributed by atoms with Crippen LogP contribution in [0.1, 0.15) is 16.8 Å². The zero-order chi connectivity index (χ0) is 22.5. The molecule has 0 N–H and O–H groups in total. The van der Waals surface area contributed by atoms with Crippen LogP contribution in [-0.4, -0.2) is 43.0 Å². The summed E-state index contributed by atoms with van der Waals surface area (Å²) in [5.41, 5.74) is 0.780. The van der Waals surface area contributed by atoms with E-state index in [-0.39, 0.29) is 11.7 Å². The average Bonchev–Trinajstić information content (AvgIpc) is 3.22. The van der Waals surface area contributed by atoms with Crippen LogP contribution < -0.4 is 9.64 Å². The molecule has 7 heteroatoms. The molecule has 0 unspecified atom stereocenters. The van der Waals surface area contributed by atoms with Gasteiger partial charge in [-0.3, -0.25) is 9.69 Å². The van der Waals surface area contributed by atoms with E-state index in [1.807, 2.05) is 56.6 Å². The number of aromatic nitrogens is 1. The van der Waals surface area contributed by atoms with E-state index in [2.05, 4.69) is 9.88 Å². The maximum Gasteiger partial charge on any atom is 0.260 e. The molecule has 0 radical (unpaired) electrons. The Hall–Kier alpha value is -3.29. The number of hydrogen-bond acceptors (Lipinski definition) is 5. The van der Waals surface area contributed by atoms with Crippen LogP contribution in [0, 0.1) is 5.82 Å². The summed E-state index contributed by atoms with van der Waals surface area (Å²) >= 11 is 1.32. The number of nitrogens with zero attached hydrogens (tertiary/aromatic N) is 3. The lowest BCUT2D eigenvalue weighted by atomic mass is 10.2. The van der Waals surface area contributed by atoms with Crippen molar-refractivity contribution in [3.63, 3.8) is 0 Å². The smallest absolute Gasteiger partial charge is 0.260 e. The predicted octanol–water partition coefficient (Wildman–Crippen LogP) is 5.83. The van der Waals surface area contributed by atoms with E-state index in [9.17, 15) is 9.18 Å². The Morgan fingerprint density at radius 1 is 0.969 bits per heavy atom. The van der Waals surface area contributed by atoms with Gasteiger partial charge in [-0.15, -0.1) is 0 Å². The number of halogens is 1. The number of fused-ring (bicyclic) bond motifs is 1. The van der Waals surface area contributed by atoms with Crippen LogP contribution in [0.3, 0.4) is 0 Å². The highest BCUT2D eigenvalue weighted by atomic mass is 32.1. The zero-order valence-electron chi connectivity index (χ0n) is 18.0. The number of carbonyl (C=O) groups excluding carboxylic acids is 1. The molecule has 0 fully saturated rings. The van der Waals surface area contributed by atoms with Crippen LogP contribution in [0.15, 0.2) is 72.8 Å². The highest BCUT2D eigenvalue weighted by molar-refractivity contribution is 7.22. The molecule has 1 heterocycles. The van der Waals surface area contributed by atoms with E-state index >= 15 is 0 Å². The maximum absolute atomic E-state index is 14.2. The second-order valence-corrected chi connectivity index (χ2v) is 8.65. The minimum absolute atomic E-state index is 0.193. The molecular weight excluding hydrogens is 425 g/mol. The van der Waals surface area contributed by atoms with E-state index in [0.717, 1.165) is 13.0 Å². The second kappa shape index (κ2) is 9.89. The van der Waals surface area contributed by atoms with Gasteiger partial charge in [-0.1, -0.05) is 41.7 Å². The van der Waals surface area contributed by atoms with Gasteiger partial charge in [0.15, 0.2) is 5.13 Å². The van der Waals surface area contributed by atoms with Gasteiger partial charge < -0.3 is 9.64 Å². The van der Waals surface area contributed by atoms with Crippen molar-refractivity contribution in [2.75, 3.05) is 32.1 Å². The number of benzene rings is 3. The molecule has 0 saturated carbocycles. The van der Waals surface area contributed by atoms with Crippen molar-refractivity contribution in [1.29, 1.82) is 0 Å². The number of ether oxygens (including phenoxy) is 1. The predicted molar refractivity (Wildman–Crippen MR) is 127 cm³/mol. The number of rotatable bonds is 8. The lowest BCUT2D eigenvalue weighted by Crippen LogP contribution is -2.33. The normalized spacial score (nSPS) is 11.1. The highest BCUT2D eigenvalue weighted by Crippen LogP contribution is 2.32. The Morgan fingerprint density at radius 2 is 1.72 bits per heavy atom. The number of thiazole rings is 1. The van der Waals surface area contributed by atoms with Crippen molar-refractivity contribution in [2.24, 2.45) is 0 Å². The van der Waals surface area contributed by atoms with Crippen molar-refractivity contribution in [2.45, 2.75) is 6.42 Å². The molecule has 1 amide bonds. The van der Waals surface area contributed by atoms with Crippen LogP contribution in [0.2, 0.25) is 0 Å². The molecule has 0 saturated heterocycles. The van der Waals surface area contributed by atoms with Crippen LogP contribution in [0.4, 0.5) is 9.52 Å². The molecule has 0 spiro atoms. The molecule has 32 heavy (non-hydrogen) atoms. The van der Waals surface area contributed by atoms with Crippen molar-refractivity contribution >= 4 is 32.6 Å². The van der Waals surface area contributed by atoms with Crippen molar-refractivity contribution in [1.82, 2.24) is 9.88 Å². The number of carbonyl (C=O) groups is 1. The van der Waals surface area contributed by atoms with Crippen molar-refractivity contribution in [3.8, 4) is 11.5 Å². The first-order valence-electron chi connectivity index (χ1n) is 10.4. The van der Waals surface area contributed by atoms with Gasteiger partial charge in [-0.2, -0.15) is 0 Å². The first kappa shape index (κ1) is 21.9. The monoisotopic (exact) mass is 449 g/mol. The summed E-state index contributed by atoms with van der Waals surface area (Å²) in [7, 11) is 3.98. The summed E-state index contributed by atoms with van der Waals surface area (Å²) in [6.07, 6.45) is 0.761. The topological polar surface area (TPSA) is 45.7 Å². The van der Waals surface area contributed by atoms with Gasteiger partial charge >= 0.3 is 0 Å². The second-order valence-electron chi connectivity index (χ2n) is 7.64. The Balaban J connectivity index is 1.63. The number of anilines is 1. The SMILES string of the molecule is CN(C)CCCN(C(=O)c1cccc(Oc2ccccc2)c1)c1nc2c(F)cccc2s1. The molecule has 0 aliphatic rings. The molecule has 0 aliphatic heterocycles. The zero-order valence-corrected chi connectivity index (χ0v) is 18.8. The highest BCUT2D eigenvalue weighted by Gasteiger charge is 2.22. The van der Waals surface area contributed by atoms with Crippen LogP contribution in [0.25, 0.3) is 10.2 Å². The van der Waals surface area contributed by atoms with Gasteiger partial charge in [0.05, 0.1) is 4.70 Å². The summed E-state index contributed by atoms with van der Waals surface area (Å²) in [6.45, 7) is 1.29. The quantitative estimate of drug-likeness (QED) is 0.340. The number of amides is 1. The van der Waals surface area contributed by atoms with E-state index in [4.69, 9.17) is 4.74 Å². The van der Waals surface area contributed by atoms with Crippen LogP contribution >= 0.6 is 11.3 Å². The molecule has 0 aliphatic carbocycles. The third-order valence-electron chi connectivity index (χ3n) is 4.88. The lowest BCUT2D eigenvalue weighted by molar-refractivity contribution is 0.0985. The standard InChI is InChI=1S/C25H24FN3O2S/c1-28(2)15-8-16-29(25-27-23-21(26)13-7-14-22(23)32-25)24(30)18-9-6-12-20(17-18)31-19-10-4-3-5-11-19/h3-7,9-14,17H,8,15-16H2,1-2H3. The maximum atomic E-state index is 14.2. The summed E-state index contributed by atoms with van der Waals surface area (Å²) < 4.78 is 20.8. The summed E-state index contributed by atoms with van der Waals surface area (Å²) in [6, 6.07) is 21.4. The Morgan fingerprint density at radius 3 is 2.47 bits per heavy atom. The molecule has 4 rings (SSSR count). The van der Waals surface area contributed by atoms with Gasteiger partial charge in [-0.25, -0.2) is 9.37 Å². The lowest BCUT2D eigenvalue weighted by Gasteiger charge is -2.21. The fourth-order valence-electron chi connectivity index (χ4n) is 3.32. The van der Waals surface area contributed by atoms with Crippen LogP contribution in [0.5, 0.6) is 11.5 Å². The summed E-state index contributed by atoms with van der Waals surface area (Å²) in [5, 5.41) is 0.489. The molecule has 0 bridgehead atoms. The summed E-state index contributed by atoms with van der Waals surface area (Å²) in [4.78, 5) is 21.7. The number of para-hydroxylation sites is 2. The number of hydrogen-bond donors (Lipinski definition) is 0. The molecule has 3 aromatic carbocycles. The third-order valence-corrected chi connectivity index (χ3v) is 5.93. The Kier molecular flexibility index (Phi) is 6.78. The van der Waals surface area contributed by atoms with Crippen molar-refractivity contribution in [3.05, 3.63) is 84.2 Å². The first-order valence-corrected chi connectivity index (χ1v) is 11.2. The third kappa shape index (κ3) is 5.12. The Bertz CT molecular complexity index is 1210. The van der Waals surface area contributed by atoms with Gasteiger partial charge in [0.1, 0.15) is 22.8 Å². The average molecular weight is 450 g/mol. The minimum atomic E-state index is -0.385. The Labute approximate surface area is 190 Å². The molecule has 4 aromatic rings. The largest absolute Gasteiger partial charge is 0.457 e. The molecule has 5 nitrogen and oxygen atoms in total. The van der Waals surface area contributed by atoms with E-state index < -0.39 is 0 Å². The van der Waals surface area contributed by atoms with Crippen molar-refractivity contribution < 1.29 is 13.9 Å². The molecular formula is C25H24FN3O2S. The minimum Gasteiger partial charge on any atom is -0.457 e. The van der Waals surface area contributed by atoms with E-state index in [0.29, 0.717) is 39.0 Å². The van der Waals surface area contributed by atoms with Gasteiger partial charge in [0, 0.05) is 12.1 Å². The van der Waals surface area contributed by atoms with Gasteiger partial charge in [-0.05, 0) is 69.5 Å². The van der Waals surface area contributed by atoms with Gasteiger partial charge in [0.2, 0.25) is 0 Å². The van der Waals surface area contributed by atoms with Gasteiger partial charge in [0.25, 0.3) is 5.91 Å².